The topological polar surface area (TPSA) is 77.5 Å². The number of anilines is 1. The fraction of sp³-hybridized carbons (Fsp3) is 0.265. The van der Waals surface area contributed by atoms with Gasteiger partial charge >= 0.3 is 0 Å². The summed E-state index contributed by atoms with van der Waals surface area (Å²) in [6.45, 7) is 5.17. The van der Waals surface area contributed by atoms with Gasteiger partial charge in [0.2, 0.25) is 0 Å². The summed E-state index contributed by atoms with van der Waals surface area (Å²) in [6.07, 6.45) is 8.11. The molecule has 7 rings (SSSR count). The van der Waals surface area contributed by atoms with Crippen molar-refractivity contribution in [1.82, 2.24) is 25.7 Å². The molecule has 3 aliphatic heterocycles. The van der Waals surface area contributed by atoms with Crippen LogP contribution in [-0.2, 0) is 6.54 Å². The van der Waals surface area contributed by atoms with Gasteiger partial charge in [-0.05, 0) is 79.4 Å². The van der Waals surface area contributed by atoms with Gasteiger partial charge in [0.1, 0.15) is 5.84 Å². The number of piperidine rings is 1. The van der Waals surface area contributed by atoms with Crippen LogP contribution in [0.3, 0.4) is 0 Å². The number of likely N-dealkylation sites (tertiary alicyclic amines) is 1. The van der Waals surface area contributed by atoms with Gasteiger partial charge in [0, 0.05) is 41.8 Å². The van der Waals surface area contributed by atoms with E-state index in [0.717, 1.165) is 55.4 Å². The molecule has 41 heavy (non-hydrogen) atoms. The lowest BCUT2D eigenvalue weighted by Gasteiger charge is -2.32. The number of nitrogens with zero attached hydrogens (tertiary/aromatic N) is 4. The van der Waals surface area contributed by atoms with E-state index in [4.69, 9.17) is 4.99 Å². The van der Waals surface area contributed by atoms with Crippen LogP contribution >= 0.6 is 0 Å². The number of rotatable bonds is 6. The minimum absolute atomic E-state index is 0.0831. The van der Waals surface area contributed by atoms with Gasteiger partial charge in [-0.25, -0.2) is 10.4 Å². The standard InChI is InChI=1S/C34H35N7/c1-23-28-21-29(25-7-3-2-4-8-25)32(37-30(28)14-18-35-23)26-12-10-24(11-13-26)22-41-19-15-27(16-20-41)33-38-34(40-39-33)31-9-5-6-17-36-31/h2-14,17-18,21,27,32,34,37,40H,15-16,19-20,22H2,1H3,(H,38,39). The summed E-state index contributed by atoms with van der Waals surface area (Å²) in [7, 11) is 0. The van der Waals surface area contributed by atoms with Crippen LogP contribution in [0.15, 0.2) is 96.2 Å². The minimum Gasteiger partial charge on any atom is -0.374 e. The first-order chi connectivity index (χ1) is 20.2. The summed E-state index contributed by atoms with van der Waals surface area (Å²) in [4.78, 5) is 16.4. The van der Waals surface area contributed by atoms with Crippen molar-refractivity contribution in [2.75, 3.05) is 18.4 Å². The van der Waals surface area contributed by atoms with Crippen molar-refractivity contribution in [3.05, 3.63) is 125 Å². The van der Waals surface area contributed by atoms with Gasteiger partial charge in [-0.2, -0.15) is 0 Å². The molecule has 7 heteroatoms. The molecule has 1 fully saturated rings. The van der Waals surface area contributed by atoms with Crippen molar-refractivity contribution in [1.29, 1.82) is 0 Å². The fourth-order valence-electron chi connectivity index (χ4n) is 6.17. The molecule has 1 saturated heterocycles. The summed E-state index contributed by atoms with van der Waals surface area (Å²) < 4.78 is 0. The highest BCUT2D eigenvalue weighted by Crippen LogP contribution is 2.41. The zero-order valence-corrected chi connectivity index (χ0v) is 23.3. The molecule has 0 aliphatic carbocycles. The lowest BCUT2D eigenvalue weighted by Crippen LogP contribution is -2.41. The molecule has 0 bridgehead atoms. The maximum Gasteiger partial charge on any atom is 0.160 e. The summed E-state index contributed by atoms with van der Waals surface area (Å²) in [5.74, 6) is 1.52. The third-order valence-electron chi connectivity index (χ3n) is 8.47. The molecule has 2 unspecified atom stereocenters. The van der Waals surface area contributed by atoms with Gasteiger partial charge in [-0.3, -0.25) is 14.9 Å². The Morgan fingerprint density at radius 3 is 2.44 bits per heavy atom. The molecule has 7 nitrogen and oxygen atoms in total. The van der Waals surface area contributed by atoms with E-state index in [-0.39, 0.29) is 12.2 Å². The molecule has 0 amide bonds. The van der Waals surface area contributed by atoms with Crippen molar-refractivity contribution in [2.45, 2.75) is 38.5 Å². The SMILES string of the molecule is Cc1nccc2c1C=C(c1ccccc1)C(c1ccc(CN3CCC(C4=NC(c5ccccn5)NN4)CC3)cc1)N2. The van der Waals surface area contributed by atoms with Crippen LogP contribution in [-0.4, -0.2) is 33.8 Å². The smallest absolute Gasteiger partial charge is 0.160 e. The van der Waals surface area contributed by atoms with Crippen LogP contribution in [0, 0.1) is 12.8 Å². The van der Waals surface area contributed by atoms with Crippen LogP contribution in [0.1, 0.15) is 58.7 Å². The highest BCUT2D eigenvalue weighted by atomic mass is 15.5. The highest BCUT2D eigenvalue weighted by molar-refractivity contribution is 5.93. The van der Waals surface area contributed by atoms with E-state index >= 15 is 0 Å². The summed E-state index contributed by atoms with van der Waals surface area (Å²) in [6, 6.07) is 27.9. The van der Waals surface area contributed by atoms with Gasteiger partial charge in [0.15, 0.2) is 6.17 Å². The molecule has 0 spiro atoms. The minimum atomic E-state index is -0.104. The molecule has 2 aromatic heterocycles. The summed E-state index contributed by atoms with van der Waals surface area (Å²) in [5.41, 5.74) is 16.0. The number of pyridine rings is 2. The predicted molar refractivity (Wildman–Crippen MR) is 165 cm³/mol. The Hall–Kier alpha value is -4.33. The average Bonchev–Trinajstić information content (AvgIpc) is 3.53. The number of benzene rings is 2. The van der Waals surface area contributed by atoms with E-state index in [9.17, 15) is 0 Å². The fourth-order valence-corrected chi connectivity index (χ4v) is 6.17. The monoisotopic (exact) mass is 541 g/mol. The van der Waals surface area contributed by atoms with Crippen molar-refractivity contribution in [3.8, 4) is 0 Å². The lowest BCUT2D eigenvalue weighted by molar-refractivity contribution is 0.200. The Labute approximate surface area is 241 Å². The second-order valence-electron chi connectivity index (χ2n) is 11.1. The van der Waals surface area contributed by atoms with E-state index in [0.29, 0.717) is 5.92 Å². The van der Waals surface area contributed by atoms with E-state index in [2.05, 4.69) is 105 Å². The van der Waals surface area contributed by atoms with Gasteiger partial charge in [0.05, 0.1) is 11.7 Å². The van der Waals surface area contributed by atoms with Crippen molar-refractivity contribution in [3.63, 3.8) is 0 Å². The number of hydrogen-bond acceptors (Lipinski definition) is 7. The van der Waals surface area contributed by atoms with Crippen LogP contribution in [0.25, 0.3) is 11.6 Å². The third-order valence-corrected chi connectivity index (χ3v) is 8.47. The van der Waals surface area contributed by atoms with E-state index in [1.807, 2.05) is 30.6 Å². The molecule has 2 aromatic carbocycles. The van der Waals surface area contributed by atoms with Gasteiger partial charge < -0.3 is 10.7 Å². The lowest BCUT2D eigenvalue weighted by atomic mass is 9.87. The number of aliphatic imine (C=N–C) groups is 1. The zero-order valence-electron chi connectivity index (χ0n) is 23.3. The van der Waals surface area contributed by atoms with Crippen LogP contribution in [0.5, 0.6) is 0 Å². The Morgan fingerprint density at radius 1 is 0.854 bits per heavy atom. The van der Waals surface area contributed by atoms with E-state index in [1.54, 1.807) is 0 Å². The Balaban J connectivity index is 1.01. The zero-order chi connectivity index (χ0) is 27.6. The first kappa shape index (κ1) is 25.6. The largest absolute Gasteiger partial charge is 0.374 e. The van der Waals surface area contributed by atoms with Crippen LogP contribution in [0.4, 0.5) is 5.69 Å². The Morgan fingerprint density at radius 2 is 1.66 bits per heavy atom. The summed E-state index contributed by atoms with van der Waals surface area (Å²) >= 11 is 0. The molecule has 206 valence electrons. The molecule has 5 heterocycles. The van der Waals surface area contributed by atoms with Crippen LogP contribution in [0.2, 0.25) is 0 Å². The molecule has 2 atom stereocenters. The number of hydrogen-bond donors (Lipinski definition) is 3. The number of nitrogens with one attached hydrogen (secondary N) is 3. The number of aromatic nitrogens is 2. The van der Waals surface area contributed by atoms with Gasteiger partial charge in [-0.1, -0.05) is 60.7 Å². The molecule has 0 saturated carbocycles. The normalized spacial score (nSPS) is 20.9. The number of hydrazine groups is 1. The molecular formula is C34H35N7. The highest BCUT2D eigenvalue weighted by Gasteiger charge is 2.29. The molecular weight excluding hydrogens is 506 g/mol. The number of aryl methyl sites for hydroxylation is 1. The molecule has 3 aliphatic rings. The van der Waals surface area contributed by atoms with Gasteiger partial charge in [-0.15, -0.1) is 0 Å². The second-order valence-corrected chi connectivity index (χ2v) is 11.1. The maximum atomic E-state index is 4.89. The predicted octanol–water partition coefficient (Wildman–Crippen LogP) is 5.91. The first-order valence-corrected chi connectivity index (χ1v) is 14.5. The number of fused-ring (bicyclic) bond motifs is 1. The maximum absolute atomic E-state index is 4.89. The Kier molecular flexibility index (Phi) is 7.05. The third kappa shape index (κ3) is 5.38. The molecule has 0 radical (unpaired) electrons. The van der Waals surface area contributed by atoms with Crippen molar-refractivity contribution < 1.29 is 0 Å². The quantitative estimate of drug-likeness (QED) is 0.282. The molecule has 3 N–H and O–H groups in total. The first-order valence-electron chi connectivity index (χ1n) is 14.5. The van der Waals surface area contributed by atoms with Crippen molar-refractivity contribution >= 4 is 23.2 Å². The number of amidine groups is 1. The van der Waals surface area contributed by atoms with Crippen molar-refractivity contribution in [2.24, 2.45) is 10.9 Å². The van der Waals surface area contributed by atoms with Gasteiger partial charge in [0.25, 0.3) is 0 Å². The molecule has 4 aromatic rings. The van der Waals surface area contributed by atoms with E-state index < -0.39 is 0 Å². The van der Waals surface area contributed by atoms with E-state index in [1.165, 1.54) is 27.8 Å². The van der Waals surface area contributed by atoms with Crippen LogP contribution < -0.4 is 16.2 Å². The second kappa shape index (κ2) is 11.3. The average molecular weight is 542 g/mol. The summed E-state index contributed by atoms with van der Waals surface area (Å²) in [5, 5.41) is 3.80. The Bertz CT molecular complexity index is 1560.